The van der Waals surface area contributed by atoms with Gasteiger partial charge in [-0.1, -0.05) is 32.1 Å². The molecule has 1 saturated carbocycles. The first kappa shape index (κ1) is 10.7. The lowest BCUT2D eigenvalue weighted by atomic mass is 9.96. The third-order valence-electron chi connectivity index (χ3n) is 3.59. The SMILES string of the molecule is O=C1CCN(C2CCCCCCC2)C1=O. The zero-order chi connectivity index (χ0) is 10.7. The van der Waals surface area contributed by atoms with Gasteiger partial charge in [0.1, 0.15) is 0 Å². The van der Waals surface area contributed by atoms with Crippen LogP contribution in [0.4, 0.5) is 0 Å². The average molecular weight is 209 g/mol. The highest BCUT2D eigenvalue weighted by molar-refractivity contribution is 6.37. The lowest BCUT2D eigenvalue weighted by molar-refractivity contribution is -0.141. The normalized spacial score (nSPS) is 25.5. The molecule has 0 aromatic heterocycles. The molecule has 1 saturated heterocycles. The van der Waals surface area contributed by atoms with Gasteiger partial charge in [-0.05, 0) is 12.8 Å². The topological polar surface area (TPSA) is 37.4 Å². The molecule has 15 heavy (non-hydrogen) atoms. The van der Waals surface area contributed by atoms with Gasteiger partial charge in [0.05, 0.1) is 0 Å². The summed E-state index contributed by atoms with van der Waals surface area (Å²) in [6.45, 7) is 0.669. The van der Waals surface area contributed by atoms with Crippen molar-refractivity contribution in [2.75, 3.05) is 6.54 Å². The fourth-order valence-corrected chi connectivity index (χ4v) is 2.69. The highest BCUT2D eigenvalue weighted by atomic mass is 16.2. The van der Waals surface area contributed by atoms with Gasteiger partial charge in [0.2, 0.25) is 5.78 Å². The molecule has 0 spiro atoms. The first-order valence-corrected chi connectivity index (χ1v) is 6.13. The number of rotatable bonds is 1. The maximum absolute atomic E-state index is 11.6. The fourth-order valence-electron chi connectivity index (χ4n) is 2.69. The zero-order valence-corrected chi connectivity index (χ0v) is 9.21. The van der Waals surface area contributed by atoms with Crippen LogP contribution in [0.1, 0.15) is 51.4 Å². The van der Waals surface area contributed by atoms with E-state index in [1.807, 2.05) is 4.90 Å². The highest BCUT2D eigenvalue weighted by Crippen LogP contribution is 2.24. The monoisotopic (exact) mass is 209 g/mol. The van der Waals surface area contributed by atoms with E-state index >= 15 is 0 Å². The van der Waals surface area contributed by atoms with Crippen LogP contribution in [0.3, 0.4) is 0 Å². The molecule has 0 unspecified atom stereocenters. The van der Waals surface area contributed by atoms with Crippen molar-refractivity contribution >= 4 is 11.7 Å². The number of carbonyl (C=O) groups excluding carboxylic acids is 2. The van der Waals surface area contributed by atoms with Crippen LogP contribution < -0.4 is 0 Å². The van der Waals surface area contributed by atoms with Gasteiger partial charge in [-0.15, -0.1) is 0 Å². The summed E-state index contributed by atoms with van der Waals surface area (Å²) in [6, 6.07) is 0.351. The molecule has 0 atom stereocenters. The van der Waals surface area contributed by atoms with E-state index in [1.165, 1.54) is 32.1 Å². The van der Waals surface area contributed by atoms with Crippen molar-refractivity contribution in [3.63, 3.8) is 0 Å². The van der Waals surface area contributed by atoms with E-state index in [9.17, 15) is 9.59 Å². The lowest BCUT2D eigenvalue weighted by Gasteiger charge is -2.28. The summed E-state index contributed by atoms with van der Waals surface area (Å²) in [5.41, 5.74) is 0. The third kappa shape index (κ3) is 2.39. The van der Waals surface area contributed by atoms with Gasteiger partial charge in [-0.3, -0.25) is 9.59 Å². The lowest BCUT2D eigenvalue weighted by Crippen LogP contribution is -2.38. The number of amides is 1. The van der Waals surface area contributed by atoms with Crippen LogP contribution in [-0.4, -0.2) is 29.2 Å². The summed E-state index contributed by atoms with van der Waals surface area (Å²) < 4.78 is 0. The number of likely N-dealkylation sites (tertiary alicyclic amines) is 1. The molecule has 0 bridgehead atoms. The molecule has 0 aromatic carbocycles. The number of hydrogen-bond acceptors (Lipinski definition) is 2. The standard InChI is InChI=1S/C12H19NO2/c14-11-8-9-13(12(11)15)10-6-4-2-1-3-5-7-10/h10H,1-9H2. The van der Waals surface area contributed by atoms with Gasteiger partial charge < -0.3 is 4.90 Å². The molecule has 1 aliphatic heterocycles. The molecule has 0 aromatic rings. The van der Waals surface area contributed by atoms with Gasteiger partial charge in [-0.2, -0.15) is 0 Å². The Morgan fingerprint density at radius 1 is 0.933 bits per heavy atom. The molecule has 1 heterocycles. The van der Waals surface area contributed by atoms with Crippen molar-refractivity contribution in [1.29, 1.82) is 0 Å². The second-order valence-corrected chi connectivity index (χ2v) is 4.67. The van der Waals surface area contributed by atoms with E-state index < -0.39 is 0 Å². The van der Waals surface area contributed by atoms with Crippen LogP contribution in [0.15, 0.2) is 0 Å². The molecule has 3 nitrogen and oxygen atoms in total. The van der Waals surface area contributed by atoms with Crippen molar-refractivity contribution in [2.45, 2.75) is 57.4 Å². The number of ketones is 1. The van der Waals surface area contributed by atoms with Gasteiger partial charge in [-0.25, -0.2) is 0 Å². The number of nitrogens with zero attached hydrogens (tertiary/aromatic N) is 1. The number of hydrogen-bond donors (Lipinski definition) is 0. The van der Waals surface area contributed by atoms with Crippen molar-refractivity contribution in [3.05, 3.63) is 0 Å². The van der Waals surface area contributed by atoms with E-state index in [-0.39, 0.29) is 11.7 Å². The Morgan fingerprint density at radius 3 is 2.07 bits per heavy atom. The van der Waals surface area contributed by atoms with E-state index in [2.05, 4.69) is 0 Å². The molecule has 2 rings (SSSR count). The largest absolute Gasteiger partial charge is 0.333 e. The fraction of sp³-hybridized carbons (Fsp3) is 0.833. The molecule has 1 amide bonds. The Hall–Kier alpha value is -0.860. The second kappa shape index (κ2) is 4.77. The van der Waals surface area contributed by atoms with Crippen LogP contribution in [0.5, 0.6) is 0 Å². The predicted molar refractivity (Wildman–Crippen MR) is 57.4 cm³/mol. The van der Waals surface area contributed by atoms with E-state index in [0.717, 1.165) is 12.8 Å². The molecular formula is C12H19NO2. The Kier molecular flexibility index (Phi) is 3.39. The van der Waals surface area contributed by atoms with Crippen molar-refractivity contribution in [1.82, 2.24) is 4.90 Å². The quantitative estimate of drug-likeness (QED) is 0.618. The van der Waals surface area contributed by atoms with Crippen LogP contribution in [0.25, 0.3) is 0 Å². The summed E-state index contributed by atoms with van der Waals surface area (Å²) in [6.07, 6.45) is 8.96. The summed E-state index contributed by atoms with van der Waals surface area (Å²) in [5.74, 6) is -0.405. The van der Waals surface area contributed by atoms with Crippen LogP contribution in [0.2, 0.25) is 0 Å². The van der Waals surface area contributed by atoms with Crippen molar-refractivity contribution < 1.29 is 9.59 Å². The molecule has 84 valence electrons. The average Bonchev–Trinajstić information content (AvgIpc) is 2.48. The van der Waals surface area contributed by atoms with Gasteiger partial charge in [0.15, 0.2) is 0 Å². The van der Waals surface area contributed by atoms with Crippen LogP contribution in [0, 0.1) is 0 Å². The van der Waals surface area contributed by atoms with Crippen LogP contribution in [-0.2, 0) is 9.59 Å². The minimum Gasteiger partial charge on any atom is -0.333 e. The summed E-state index contributed by atoms with van der Waals surface area (Å²) in [5, 5.41) is 0. The molecule has 2 aliphatic rings. The molecule has 0 radical (unpaired) electrons. The van der Waals surface area contributed by atoms with Gasteiger partial charge in [0.25, 0.3) is 5.91 Å². The Bertz CT molecular complexity index is 254. The Labute approximate surface area is 90.8 Å². The van der Waals surface area contributed by atoms with E-state index in [4.69, 9.17) is 0 Å². The van der Waals surface area contributed by atoms with Gasteiger partial charge >= 0.3 is 0 Å². The third-order valence-corrected chi connectivity index (χ3v) is 3.59. The Balaban J connectivity index is 1.95. The van der Waals surface area contributed by atoms with Gasteiger partial charge in [0, 0.05) is 19.0 Å². The number of carbonyl (C=O) groups is 2. The van der Waals surface area contributed by atoms with Crippen LogP contribution >= 0.6 is 0 Å². The molecule has 0 N–H and O–H groups in total. The maximum Gasteiger partial charge on any atom is 0.290 e. The van der Waals surface area contributed by atoms with Crippen molar-refractivity contribution in [2.24, 2.45) is 0 Å². The maximum atomic E-state index is 11.6. The first-order valence-electron chi connectivity index (χ1n) is 6.13. The summed E-state index contributed by atoms with van der Waals surface area (Å²) >= 11 is 0. The second-order valence-electron chi connectivity index (χ2n) is 4.67. The van der Waals surface area contributed by atoms with E-state index in [0.29, 0.717) is 19.0 Å². The van der Waals surface area contributed by atoms with E-state index in [1.54, 1.807) is 0 Å². The molecular weight excluding hydrogens is 190 g/mol. The summed E-state index contributed by atoms with van der Waals surface area (Å²) in [7, 11) is 0. The first-order chi connectivity index (χ1) is 7.29. The minimum absolute atomic E-state index is 0.183. The predicted octanol–water partition coefficient (Wildman–Crippen LogP) is 1.90. The molecule has 3 heteroatoms. The minimum atomic E-state index is -0.222. The summed E-state index contributed by atoms with van der Waals surface area (Å²) in [4.78, 5) is 24.6. The molecule has 2 fully saturated rings. The molecule has 1 aliphatic carbocycles. The van der Waals surface area contributed by atoms with Crippen molar-refractivity contribution in [3.8, 4) is 0 Å². The number of Topliss-reactive ketones (excluding diaryl/α,β-unsaturated/α-hetero) is 1. The zero-order valence-electron chi connectivity index (χ0n) is 9.21. The highest BCUT2D eigenvalue weighted by Gasteiger charge is 2.33. The smallest absolute Gasteiger partial charge is 0.290 e. The Morgan fingerprint density at radius 2 is 1.53 bits per heavy atom.